The maximum atomic E-state index is 13.0. The molecule has 3 heterocycles. The number of ether oxygens (including phenoxy) is 3. The van der Waals surface area contributed by atoms with Gasteiger partial charge in [-0.25, -0.2) is 9.78 Å². The van der Waals surface area contributed by atoms with Gasteiger partial charge in [0.1, 0.15) is 22.9 Å². The molecule has 1 aliphatic heterocycles. The number of rotatable bonds is 6. The molecule has 7 nitrogen and oxygen atoms in total. The molecule has 1 aliphatic rings. The number of hydrogen-bond acceptors (Lipinski definition) is 6. The number of benzene rings is 3. The van der Waals surface area contributed by atoms with E-state index in [1.165, 1.54) is 0 Å². The molecule has 0 bridgehead atoms. The van der Waals surface area contributed by atoms with E-state index in [0.29, 0.717) is 40.6 Å². The Morgan fingerprint density at radius 2 is 1.78 bits per heavy atom. The van der Waals surface area contributed by atoms with Crippen LogP contribution in [0.15, 0.2) is 95.6 Å². The second-order valence-electron chi connectivity index (χ2n) is 8.18. The standard InChI is InChI=1S/C28H20BrN3O4/c29-20-11-13-25-31-26(27(32(25)16-20)30-15-18-6-2-1-3-7-18)21-8-4-5-9-22(21)36-28(33)19-10-12-23-24(14-19)35-17-34-23/h1-14,16,30H,15,17H2. The summed E-state index contributed by atoms with van der Waals surface area (Å²) < 4.78 is 19.5. The Bertz CT molecular complexity index is 1580. The lowest BCUT2D eigenvalue weighted by Gasteiger charge is -2.12. The molecule has 0 spiro atoms. The predicted octanol–water partition coefficient (Wildman–Crippen LogP) is 6.32. The number of hydrogen-bond donors (Lipinski definition) is 1. The van der Waals surface area contributed by atoms with Crippen LogP contribution < -0.4 is 19.5 Å². The van der Waals surface area contributed by atoms with Crippen molar-refractivity contribution in [2.45, 2.75) is 6.54 Å². The molecule has 0 radical (unpaired) electrons. The zero-order chi connectivity index (χ0) is 24.5. The second kappa shape index (κ2) is 9.39. The van der Waals surface area contributed by atoms with Gasteiger partial charge in [-0.3, -0.25) is 4.40 Å². The number of imidazole rings is 1. The van der Waals surface area contributed by atoms with Crippen LogP contribution in [0.3, 0.4) is 0 Å². The number of nitrogens with one attached hydrogen (secondary N) is 1. The Morgan fingerprint density at radius 3 is 2.67 bits per heavy atom. The summed E-state index contributed by atoms with van der Waals surface area (Å²) in [4.78, 5) is 17.9. The number of esters is 1. The molecule has 6 rings (SSSR count). The van der Waals surface area contributed by atoms with E-state index in [1.54, 1.807) is 24.3 Å². The Labute approximate surface area is 215 Å². The van der Waals surface area contributed by atoms with Crippen LogP contribution in [-0.4, -0.2) is 22.1 Å². The lowest BCUT2D eigenvalue weighted by Crippen LogP contribution is -2.09. The molecule has 1 N–H and O–H groups in total. The van der Waals surface area contributed by atoms with Gasteiger partial charge in [0.15, 0.2) is 11.5 Å². The minimum Gasteiger partial charge on any atom is -0.454 e. The fraction of sp³-hybridized carbons (Fsp3) is 0.0714. The van der Waals surface area contributed by atoms with Crippen LogP contribution in [0.5, 0.6) is 17.2 Å². The van der Waals surface area contributed by atoms with Crippen LogP contribution >= 0.6 is 15.9 Å². The zero-order valence-electron chi connectivity index (χ0n) is 19.0. The summed E-state index contributed by atoms with van der Waals surface area (Å²) in [6.07, 6.45) is 1.96. The van der Waals surface area contributed by atoms with E-state index < -0.39 is 5.97 Å². The van der Waals surface area contributed by atoms with Crippen LogP contribution in [-0.2, 0) is 6.54 Å². The van der Waals surface area contributed by atoms with Gasteiger partial charge in [-0.05, 0) is 64.0 Å². The first-order chi connectivity index (χ1) is 17.7. The molecule has 0 saturated heterocycles. The van der Waals surface area contributed by atoms with Gasteiger partial charge in [0.2, 0.25) is 6.79 Å². The van der Waals surface area contributed by atoms with Crippen LogP contribution in [0.2, 0.25) is 0 Å². The summed E-state index contributed by atoms with van der Waals surface area (Å²) >= 11 is 3.56. The van der Waals surface area contributed by atoms with Crippen LogP contribution in [0.1, 0.15) is 15.9 Å². The van der Waals surface area contributed by atoms with Crippen molar-refractivity contribution < 1.29 is 19.0 Å². The van der Waals surface area contributed by atoms with Gasteiger partial charge < -0.3 is 19.5 Å². The molecule has 178 valence electrons. The summed E-state index contributed by atoms with van der Waals surface area (Å²) in [6.45, 7) is 0.743. The minimum absolute atomic E-state index is 0.138. The molecule has 0 fully saturated rings. The van der Waals surface area contributed by atoms with Gasteiger partial charge in [-0.15, -0.1) is 0 Å². The summed E-state index contributed by atoms with van der Waals surface area (Å²) in [6, 6.07) is 26.4. The lowest BCUT2D eigenvalue weighted by molar-refractivity contribution is 0.0735. The molecule has 5 aromatic rings. The highest BCUT2D eigenvalue weighted by atomic mass is 79.9. The number of carbonyl (C=O) groups is 1. The van der Waals surface area contributed by atoms with E-state index in [-0.39, 0.29) is 6.79 Å². The molecule has 3 aromatic carbocycles. The Balaban J connectivity index is 1.37. The number of carbonyl (C=O) groups excluding carboxylic acids is 1. The largest absolute Gasteiger partial charge is 0.454 e. The van der Waals surface area contributed by atoms with Gasteiger partial charge >= 0.3 is 5.97 Å². The van der Waals surface area contributed by atoms with E-state index in [0.717, 1.165) is 21.5 Å². The maximum Gasteiger partial charge on any atom is 0.343 e. The van der Waals surface area contributed by atoms with Gasteiger partial charge in [-0.2, -0.15) is 0 Å². The molecule has 8 heteroatoms. The van der Waals surface area contributed by atoms with Crippen molar-refractivity contribution in [3.8, 4) is 28.5 Å². The average molecular weight is 542 g/mol. The third-order valence-corrected chi connectivity index (χ3v) is 6.31. The average Bonchev–Trinajstić information content (AvgIpc) is 3.52. The maximum absolute atomic E-state index is 13.0. The molecule has 0 unspecified atom stereocenters. The minimum atomic E-state index is -0.494. The molecule has 0 amide bonds. The van der Waals surface area contributed by atoms with E-state index in [1.807, 2.05) is 59.1 Å². The first-order valence-electron chi connectivity index (χ1n) is 11.3. The summed E-state index contributed by atoms with van der Waals surface area (Å²) in [7, 11) is 0. The number of aromatic nitrogens is 2. The third kappa shape index (κ3) is 4.27. The van der Waals surface area contributed by atoms with Crippen LogP contribution in [0.4, 0.5) is 5.82 Å². The van der Waals surface area contributed by atoms with Crippen molar-refractivity contribution in [2.75, 3.05) is 12.1 Å². The summed E-state index contributed by atoms with van der Waals surface area (Å²) in [5.41, 5.74) is 3.65. The van der Waals surface area contributed by atoms with E-state index >= 15 is 0 Å². The van der Waals surface area contributed by atoms with Crippen molar-refractivity contribution in [3.63, 3.8) is 0 Å². The van der Waals surface area contributed by atoms with Gasteiger partial charge in [0.05, 0.1) is 5.56 Å². The summed E-state index contributed by atoms with van der Waals surface area (Å²) in [5.74, 6) is 1.84. The normalized spacial score (nSPS) is 12.0. The van der Waals surface area contributed by atoms with Gasteiger partial charge in [0.25, 0.3) is 0 Å². The molecule has 0 saturated carbocycles. The predicted molar refractivity (Wildman–Crippen MR) is 140 cm³/mol. The highest BCUT2D eigenvalue weighted by Gasteiger charge is 2.21. The number of para-hydroxylation sites is 1. The SMILES string of the molecule is O=C(Oc1ccccc1-c1nc2ccc(Br)cn2c1NCc1ccccc1)c1ccc2c(c1)OCO2. The first-order valence-corrected chi connectivity index (χ1v) is 12.1. The third-order valence-electron chi connectivity index (χ3n) is 5.84. The monoisotopic (exact) mass is 541 g/mol. The highest BCUT2D eigenvalue weighted by molar-refractivity contribution is 9.10. The summed E-state index contributed by atoms with van der Waals surface area (Å²) in [5, 5.41) is 3.53. The van der Waals surface area contributed by atoms with Crippen molar-refractivity contribution in [1.29, 1.82) is 0 Å². The Hall–Kier alpha value is -4.30. The van der Waals surface area contributed by atoms with E-state index in [4.69, 9.17) is 19.2 Å². The van der Waals surface area contributed by atoms with Crippen molar-refractivity contribution in [3.05, 3.63) is 107 Å². The molecule has 2 aromatic heterocycles. The second-order valence-corrected chi connectivity index (χ2v) is 9.09. The molecular formula is C28H20BrN3O4. The van der Waals surface area contributed by atoms with Crippen molar-refractivity contribution in [2.24, 2.45) is 0 Å². The topological polar surface area (TPSA) is 74.1 Å². The van der Waals surface area contributed by atoms with E-state index in [2.05, 4.69) is 33.4 Å². The lowest BCUT2D eigenvalue weighted by atomic mass is 10.1. The molecule has 0 atom stereocenters. The quantitative estimate of drug-likeness (QED) is 0.200. The first kappa shape index (κ1) is 22.2. The van der Waals surface area contributed by atoms with Gasteiger partial charge in [0, 0.05) is 22.8 Å². The number of nitrogens with zero attached hydrogens (tertiary/aromatic N) is 2. The number of halogens is 1. The number of fused-ring (bicyclic) bond motifs is 2. The Kier molecular flexibility index (Phi) is 5.79. The number of pyridine rings is 1. The molecule has 0 aliphatic carbocycles. The fourth-order valence-electron chi connectivity index (χ4n) is 4.09. The fourth-order valence-corrected chi connectivity index (χ4v) is 4.43. The van der Waals surface area contributed by atoms with Crippen molar-refractivity contribution >= 4 is 33.4 Å². The Morgan fingerprint density at radius 1 is 0.972 bits per heavy atom. The smallest absolute Gasteiger partial charge is 0.343 e. The van der Waals surface area contributed by atoms with Crippen LogP contribution in [0, 0.1) is 0 Å². The van der Waals surface area contributed by atoms with Gasteiger partial charge in [-0.1, -0.05) is 42.5 Å². The van der Waals surface area contributed by atoms with Crippen molar-refractivity contribution in [1.82, 2.24) is 9.38 Å². The zero-order valence-corrected chi connectivity index (χ0v) is 20.6. The highest BCUT2D eigenvalue weighted by Crippen LogP contribution is 2.37. The van der Waals surface area contributed by atoms with E-state index in [9.17, 15) is 4.79 Å². The number of anilines is 1. The molecular weight excluding hydrogens is 522 g/mol. The molecule has 36 heavy (non-hydrogen) atoms. The van der Waals surface area contributed by atoms with Crippen LogP contribution in [0.25, 0.3) is 16.9 Å².